The second-order valence-corrected chi connectivity index (χ2v) is 5.62. The topological polar surface area (TPSA) is 49.3 Å². The van der Waals surface area contributed by atoms with Gasteiger partial charge in [-0.2, -0.15) is 0 Å². The molecule has 0 aliphatic heterocycles. The molecule has 0 radical (unpaired) electrons. The summed E-state index contributed by atoms with van der Waals surface area (Å²) in [4.78, 5) is 12.2. The van der Waals surface area contributed by atoms with E-state index in [1.807, 2.05) is 54.6 Å². The molecule has 0 bridgehead atoms. The van der Waals surface area contributed by atoms with Crippen molar-refractivity contribution in [1.82, 2.24) is 5.32 Å². The van der Waals surface area contributed by atoms with E-state index in [1.54, 1.807) is 12.1 Å². The van der Waals surface area contributed by atoms with Gasteiger partial charge in [0.25, 0.3) is 5.91 Å². The molecule has 3 aromatic rings. The van der Waals surface area contributed by atoms with Gasteiger partial charge in [-0.05, 0) is 47.4 Å². The van der Waals surface area contributed by atoms with Gasteiger partial charge in [-0.3, -0.25) is 4.79 Å². The Labute approximate surface area is 141 Å². The van der Waals surface area contributed by atoms with Crippen molar-refractivity contribution in [1.29, 1.82) is 0 Å². The molecular formula is C21H19NO2. The molecule has 24 heavy (non-hydrogen) atoms. The van der Waals surface area contributed by atoms with Gasteiger partial charge in [0, 0.05) is 12.1 Å². The average molecular weight is 317 g/mol. The van der Waals surface area contributed by atoms with Gasteiger partial charge in [-0.15, -0.1) is 0 Å². The molecular weight excluding hydrogens is 298 g/mol. The van der Waals surface area contributed by atoms with E-state index in [1.165, 1.54) is 5.56 Å². The zero-order valence-electron chi connectivity index (χ0n) is 13.3. The Morgan fingerprint density at radius 2 is 1.38 bits per heavy atom. The van der Waals surface area contributed by atoms with E-state index < -0.39 is 0 Å². The Morgan fingerprint density at radius 3 is 2.00 bits per heavy atom. The van der Waals surface area contributed by atoms with Crippen LogP contribution in [-0.4, -0.2) is 17.6 Å². The largest absolute Gasteiger partial charge is 0.508 e. The van der Waals surface area contributed by atoms with Crippen LogP contribution in [-0.2, 0) is 6.42 Å². The number of hydrogen-bond donors (Lipinski definition) is 2. The summed E-state index contributed by atoms with van der Waals surface area (Å²) < 4.78 is 0. The molecule has 0 fully saturated rings. The van der Waals surface area contributed by atoms with E-state index >= 15 is 0 Å². The van der Waals surface area contributed by atoms with Gasteiger partial charge < -0.3 is 10.4 Å². The van der Waals surface area contributed by atoms with Crippen molar-refractivity contribution in [2.75, 3.05) is 6.54 Å². The fraction of sp³-hybridized carbons (Fsp3) is 0.0952. The van der Waals surface area contributed by atoms with Crippen molar-refractivity contribution < 1.29 is 9.90 Å². The normalized spacial score (nSPS) is 10.3. The van der Waals surface area contributed by atoms with Crippen LogP contribution in [0.5, 0.6) is 5.75 Å². The quantitative estimate of drug-likeness (QED) is 0.746. The molecule has 0 saturated heterocycles. The van der Waals surface area contributed by atoms with Crippen LogP contribution in [0.3, 0.4) is 0 Å². The fourth-order valence-corrected chi connectivity index (χ4v) is 2.54. The Morgan fingerprint density at radius 1 is 0.792 bits per heavy atom. The van der Waals surface area contributed by atoms with Gasteiger partial charge in [-0.1, -0.05) is 54.6 Å². The van der Waals surface area contributed by atoms with Crippen molar-refractivity contribution >= 4 is 5.91 Å². The van der Waals surface area contributed by atoms with Gasteiger partial charge >= 0.3 is 0 Å². The first-order valence-electron chi connectivity index (χ1n) is 7.94. The standard InChI is InChI=1S/C21H19NO2/c23-20-12-10-18(11-13-20)17-6-8-19(9-7-17)21(24)22-15-14-16-4-2-1-3-5-16/h1-13,23H,14-15H2,(H,22,24). The van der Waals surface area contributed by atoms with Crippen LogP contribution in [0.15, 0.2) is 78.9 Å². The van der Waals surface area contributed by atoms with Crippen molar-refractivity contribution in [2.45, 2.75) is 6.42 Å². The Balaban J connectivity index is 1.58. The van der Waals surface area contributed by atoms with E-state index in [0.717, 1.165) is 17.5 Å². The van der Waals surface area contributed by atoms with Gasteiger partial charge in [-0.25, -0.2) is 0 Å². The van der Waals surface area contributed by atoms with E-state index in [2.05, 4.69) is 17.4 Å². The molecule has 0 heterocycles. The summed E-state index contributed by atoms with van der Waals surface area (Å²) >= 11 is 0. The molecule has 1 amide bonds. The molecule has 0 saturated carbocycles. The van der Waals surface area contributed by atoms with E-state index in [0.29, 0.717) is 12.1 Å². The molecule has 0 unspecified atom stereocenters. The summed E-state index contributed by atoms with van der Waals surface area (Å²) in [7, 11) is 0. The number of aromatic hydroxyl groups is 1. The van der Waals surface area contributed by atoms with E-state index in [-0.39, 0.29) is 11.7 Å². The molecule has 0 spiro atoms. The zero-order valence-corrected chi connectivity index (χ0v) is 13.3. The first kappa shape index (κ1) is 15.8. The third-order valence-corrected chi connectivity index (χ3v) is 3.89. The summed E-state index contributed by atoms with van der Waals surface area (Å²) in [5, 5.41) is 12.3. The van der Waals surface area contributed by atoms with E-state index in [4.69, 9.17) is 0 Å². The van der Waals surface area contributed by atoms with E-state index in [9.17, 15) is 9.90 Å². The van der Waals surface area contributed by atoms with Gasteiger partial charge in [0.05, 0.1) is 0 Å². The number of phenols is 1. The molecule has 3 nitrogen and oxygen atoms in total. The highest BCUT2D eigenvalue weighted by molar-refractivity contribution is 5.94. The first-order chi connectivity index (χ1) is 11.7. The molecule has 0 aliphatic rings. The first-order valence-corrected chi connectivity index (χ1v) is 7.94. The predicted molar refractivity (Wildman–Crippen MR) is 96.0 cm³/mol. The summed E-state index contributed by atoms with van der Waals surface area (Å²) in [6, 6.07) is 24.6. The smallest absolute Gasteiger partial charge is 0.251 e. The fourth-order valence-electron chi connectivity index (χ4n) is 2.54. The Hall–Kier alpha value is -3.07. The highest BCUT2D eigenvalue weighted by Gasteiger charge is 2.05. The lowest BCUT2D eigenvalue weighted by Gasteiger charge is -2.07. The van der Waals surface area contributed by atoms with Crippen LogP contribution in [0.25, 0.3) is 11.1 Å². The van der Waals surface area contributed by atoms with Crippen LogP contribution in [0, 0.1) is 0 Å². The van der Waals surface area contributed by atoms with Gasteiger partial charge in [0.2, 0.25) is 0 Å². The van der Waals surface area contributed by atoms with Crippen molar-refractivity contribution in [3.8, 4) is 16.9 Å². The molecule has 0 atom stereocenters. The minimum absolute atomic E-state index is 0.0665. The predicted octanol–water partition coefficient (Wildman–Crippen LogP) is 4.03. The SMILES string of the molecule is O=C(NCCc1ccccc1)c1ccc(-c2ccc(O)cc2)cc1. The highest BCUT2D eigenvalue weighted by Crippen LogP contribution is 2.22. The van der Waals surface area contributed by atoms with Crippen LogP contribution < -0.4 is 5.32 Å². The molecule has 2 N–H and O–H groups in total. The Bertz CT molecular complexity index is 794. The molecule has 3 aromatic carbocycles. The maximum absolute atomic E-state index is 12.2. The van der Waals surface area contributed by atoms with Gasteiger partial charge in [0.15, 0.2) is 0 Å². The second-order valence-electron chi connectivity index (χ2n) is 5.62. The minimum atomic E-state index is -0.0665. The maximum Gasteiger partial charge on any atom is 0.251 e. The van der Waals surface area contributed by atoms with Crippen LogP contribution in [0.4, 0.5) is 0 Å². The third kappa shape index (κ3) is 4.02. The lowest BCUT2D eigenvalue weighted by molar-refractivity contribution is 0.0954. The van der Waals surface area contributed by atoms with Crippen LogP contribution in [0.2, 0.25) is 0 Å². The number of carbonyl (C=O) groups excluding carboxylic acids is 1. The summed E-state index contributed by atoms with van der Waals surface area (Å²) in [5.41, 5.74) is 3.87. The van der Waals surface area contributed by atoms with Crippen LogP contribution in [0.1, 0.15) is 15.9 Å². The molecule has 120 valence electrons. The lowest BCUT2D eigenvalue weighted by atomic mass is 10.0. The minimum Gasteiger partial charge on any atom is -0.508 e. The highest BCUT2D eigenvalue weighted by atomic mass is 16.3. The van der Waals surface area contributed by atoms with Crippen molar-refractivity contribution in [2.24, 2.45) is 0 Å². The van der Waals surface area contributed by atoms with Crippen LogP contribution >= 0.6 is 0 Å². The van der Waals surface area contributed by atoms with Gasteiger partial charge in [0.1, 0.15) is 5.75 Å². The molecule has 3 rings (SSSR count). The lowest BCUT2D eigenvalue weighted by Crippen LogP contribution is -2.25. The summed E-state index contributed by atoms with van der Waals surface area (Å²) in [6.45, 7) is 0.614. The number of hydrogen-bond acceptors (Lipinski definition) is 2. The average Bonchev–Trinajstić information content (AvgIpc) is 2.63. The Kier molecular flexibility index (Phi) is 4.92. The number of rotatable bonds is 5. The summed E-state index contributed by atoms with van der Waals surface area (Å²) in [5.74, 6) is 0.177. The summed E-state index contributed by atoms with van der Waals surface area (Å²) in [6.07, 6.45) is 0.818. The third-order valence-electron chi connectivity index (χ3n) is 3.89. The maximum atomic E-state index is 12.2. The van der Waals surface area contributed by atoms with Crippen molar-refractivity contribution in [3.05, 3.63) is 90.0 Å². The van der Waals surface area contributed by atoms with Crippen molar-refractivity contribution in [3.63, 3.8) is 0 Å². The molecule has 3 heteroatoms. The number of carbonyl (C=O) groups is 1. The number of benzene rings is 3. The molecule has 0 aromatic heterocycles. The second kappa shape index (κ2) is 7.47. The monoisotopic (exact) mass is 317 g/mol. The molecule has 0 aliphatic carbocycles. The number of nitrogens with one attached hydrogen (secondary N) is 1. The number of phenolic OH excluding ortho intramolecular Hbond substituents is 1. The zero-order chi connectivity index (χ0) is 16.8. The number of amides is 1.